The second-order valence-electron chi connectivity index (χ2n) is 6.06. The SMILES string of the molecule is C=C(C(=O)c1sc(Nc2ccc(S(=O)(=O)NCCOCCO)cc2)nc1N)C(F)=CC. The fourth-order valence-electron chi connectivity index (χ4n) is 2.31. The average Bonchev–Trinajstić information content (AvgIpc) is 3.12. The number of ketones is 1. The van der Waals surface area contributed by atoms with Crippen LogP contribution in [0.2, 0.25) is 0 Å². The van der Waals surface area contributed by atoms with Crippen LogP contribution in [0.5, 0.6) is 0 Å². The van der Waals surface area contributed by atoms with Gasteiger partial charge in [0.2, 0.25) is 15.8 Å². The summed E-state index contributed by atoms with van der Waals surface area (Å²) in [7, 11) is -3.72. The second-order valence-corrected chi connectivity index (χ2v) is 8.83. The van der Waals surface area contributed by atoms with Crippen LogP contribution in [-0.2, 0) is 14.8 Å². The van der Waals surface area contributed by atoms with Gasteiger partial charge in [-0.2, -0.15) is 0 Å². The summed E-state index contributed by atoms with van der Waals surface area (Å²) in [5.41, 5.74) is 5.98. The first kappa shape index (κ1) is 24.6. The number of allylic oxidation sites excluding steroid dienone is 3. The highest BCUT2D eigenvalue weighted by molar-refractivity contribution is 7.89. The normalized spacial score (nSPS) is 12.0. The number of anilines is 3. The molecule has 0 unspecified atom stereocenters. The molecule has 1 aromatic heterocycles. The van der Waals surface area contributed by atoms with Gasteiger partial charge in [0.1, 0.15) is 16.5 Å². The molecule has 0 saturated carbocycles. The summed E-state index contributed by atoms with van der Waals surface area (Å²) in [4.78, 5) is 16.5. The Morgan fingerprint density at radius 1 is 1.35 bits per heavy atom. The number of nitrogens with two attached hydrogens (primary N) is 1. The van der Waals surface area contributed by atoms with Crippen LogP contribution in [0.15, 0.2) is 53.2 Å². The predicted octanol–water partition coefficient (Wildman–Crippen LogP) is 2.37. The van der Waals surface area contributed by atoms with Crippen molar-refractivity contribution >= 4 is 43.8 Å². The van der Waals surface area contributed by atoms with Crippen LogP contribution in [0, 0.1) is 0 Å². The first-order valence-corrected chi connectivity index (χ1v) is 11.4. The molecule has 2 rings (SSSR count). The van der Waals surface area contributed by atoms with Crippen LogP contribution in [0.1, 0.15) is 16.6 Å². The molecule has 1 aromatic carbocycles. The van der Waals surface area contributed by atoms with E-state index in [0.29, 0.717) is 5.69 Å². The van der Waals surface area contributed by atoms with E-state index in [1.807, 2.05) is 0 Å². The molecular weight excluding hydrogens is 447 g/mol. The Morgan fingerprint density at radius 3 is 2.65 bits per heavy atom. The van der Waals surface area contributed by atoms with Gasteiger partial charge in [0.05, 0.1) is 30.3 Å². The van der Waals surface area contributed by atoms with Gasteiger partial charge in [-0.25, -0.2) is 22.5 Å². The molecule has 5 N–H and O–H groups in total. The van der Waals surface area contributed by atoms with E-state index in [1.54, 1.807) is 0 Å². The number of hydrogen-bond acceptors (Lipinski definition) is 9. The molecule has 0 aliphatic heterocycles. The van der Waals surface area contributed by atoms with E-state index in [9.17, 15) is 17.6 Å². The Kier molecular flexibility index (Phi) is 8.83. The minimum atomic E-state index is -3.72. The maximum atomic E-state index is 13.6. The number of rotatable bonds is 12. The zero-order chi connectivity index (χ0) is 23.0. The largest absolute Gasteiger partial charge is 0.394 e. The summed E-state index contributed by atoms with van der Waals surface area (Å²) < 4.78 is 45.5. The molecule has 0 atom stereocenters. The van der Waals surface area contributed by atoms with Gasteiger partial charge in [-0.1, -0.05) is 24.0 Å². The number of hydrogen-bond donors (Lipinski definition) is 4. The second kappa shape index (κ2) is 11.1. The van der Waals surface area contributed by atoms with Crippen molar-refractivity contribution in [1.29, 1.82) is 0 Å². The smallest absolute Gasteiger partial charge is 0.240 e. The molecule has 0 radical (unpaired) electrons. The van der Waals surface area contributed by atoms with Gasteiger partial charge in [0, 0.05) is 12.2 Å². The topological polar surface area (TPSA) is 144 Å². The molecule has 168 valence electrons. The number of halogens is 1. The van der Waals surface area contributed by atoms with E-state index in [0.717, 1.165) is 17.4 Å². The molecule has 12 heteroatoms. The van der Waals surface area contributed by atoms with E-state index in [-0.39, 0.29) is 52.7 Å². The molecule has 1 heterocycles. The van der Waals surface area contributed by atoms with Crippen LogP contribution in [-0.4, -0.2) is 50.7 Å². The molecule has 0 saturated heterocycles. The molecule has 0 amide bonds. The minimum absolute atomic E-state index is 0.0489. The molecule has 0 aliphatic carbocycles. The van der Waals surface area contributed by atoms with E-state index in [1.165, 1.54) is 31.2 Å². The highest BCUT2D eigenvalue weighted by Crippen LogP contribution is 2.31. The average molecular weight is 471 g/mol. The molecule has 0 spiro atoms. The molecule has 2 aromatic rings. The van der Waals surface area contributed by atoms with Crippen molar-refractivity contribution in [3.63, 3.8) is 0 Å². The van der Waals surface area contributed by atoms with Crippen molar-refractivity contribution in [2.24, 2.45) is 0 Å². The predicted molar refractivity (Wildman–Crippen MR) is 118 cm³/mol. The number of ether oxygens (including phenoxy) is 1. The van der Waals surface area contributed by atoms with Gasteiger partial charge in [0.25, 0.3) is 0 Å². The third kappa shape index (κ3) is 6.67. The first-order valence-electron chi connectivity index (χ1n) is 9.07. The molecule has 0 bridgehead atoms. The van der Waals surface area contributed by atoms with E-state index in [4.69, 9.17) is 15.6 Å². The van der Waals surface area contributed by atoms with Gasteiger partial charge in [-0.3, -0.25) is 4.79 Å². The number of Topliss-reactive ketones (excluding diaryl/α,β-unsaturated/α-hetero) is 1. The van der Waals surface area contributed by atoms with Crippen molar-refractivity contribution in [1.82, 2.24) is 9.71 Å². The van der Waals surface area contributed by atoms with Crippen molar-refractivity contribution < 1.29 is 27.4 Å². The zero-order valence-electron chi connectivity index (χ0n) is 16.7. The Labute approximate surface area is 183 Å². The van der Waals surface area contributed by atoms with Crippen LogP contribution in [0.3, 0.4) is 0 Å². The highest BCUT2D eigenvalue weighted by atomic mass is 32.2. The number of sulfonamides is 1. The lowest BCUT2D eigenvalue weighted by Gasteiger charge is -2.08. The van der Waals surface area contributed by atoms with Gasteiger partial charge in [0.15, 0.2) is 5.13 Å². The summed E-state index contributed by atoms with van der Waals surface area (Å²) in [6, 6.07) is 5.83. The third-order valence-corrected chi connectivity index (χ3v) is 6.33. The van der Waals surface area contributed by atoms with Crippen molar-refractivity contribution in [3.05, 3.63) is 53.2 Å². The Hall–Kier alpha value is -2.64. The third-order valence-electron chi connectivity index (χ3n) is 3.87. The fourth-order valence-corrected chi connectivity index (χ4v) is 4.19. The van der Waals surface area contributed by atoms with Gasteiger partial charge < -0.3 is 20.9 Å². The van der Waals surface area contributed by atoms with Crippen LogP contribution in [0.4, 0.5) is 21.0 Å². The molecule has 0 fully saturated rings. The number of nitrogens with zero attached hydrogens (tertiary/aromatic N) is 1. The van der Waals surface area contributed by atoms with Gasteiger partial charge >= 0.3 is 0 Å². The maximum absolute atomic E-state index is 13.6. The number of aromatic nitrogens is 1. The zero-order valence-corrected chi connectivity index (χ0v) is 18.4. The standard InChI is InChI=1S/C19H23FN4O5S2/c1-3-15(20)12(2)16(26)17-18(21)24-19(30-17)23-13-4-6-14(7-5-13)31(27,28)22-8-10-29-11-9-25/h3-7,22,25H,2,8-11,21H2,1H3,(H,23,24). The molecular formula is C19H23FN4O5S2. The van der Waals surface area contributed by atoms with Crippen molar-refractivity contribution in [2.45, 2.75) is 11.8 Å². The molecule has 31 heavy (non-hydrogen) atoms. The van der Waals surface area contributed by atoms with E-state index < -0.39 is 21.6 Å². The highest BCUT2D eigenvalue weighted by Gasteiger charge is 2.21. The Bertz CT molecular complexity index is 1070. The maximum Gasteiger partial charge on any atom is 0.240 e. The van der Waals surface area contributed by atoms with Crippen LogP contribution < -0.4 is 15.8 Å². The molecule has 9 nitrogen and oxygen atoms in total. The summed E-state index contributed by atoms with van der Waals surface area (Å²) in [5.74, 6) is -1.46. The first-order chi connectivity index (χ1) is 14.7. The number of carbonyl (C=O) groups is 1. The van der Waals surface area contributed by atoms with Crippen LogP contribution >= 0.6 is 11.3 Å². The van der Waals surface area contributed by atoms with Crippen molar-refractivity contribution in [2.75, 3.05) is 37.4 Å². The van der Waals surface area contributed by atoms with E-state index in [2.05, 4.69) is 21.6 Å². The summed E-state index contributed by atoms with van der Waals surface area (Å²) in [5, 5.41) is 11.8. The lowest BCUT2D eigenvalue weighted by Crippen LogP contribution is -2.27. The Balaban J connectivity index is 2.05. The minimum Gasteiger partial charge on any atom is -0.394 e. The number of aliphatic hydroxyl groups is 1. The number of thiazole rings is 1. The Morgan fingerprint density at radius 2 is 2.03 bits per heavy atom. The fraction of sp³-hybridized carbons (Fsp3) is 0.263. The number of benzene rings is 1. The number of aliphatic hydroxyl groups excluding tert-OH is 1. The van der Waals surface area contributed by atoms with Crippen LogP contribution in [0.25, 0.3) is 0 Å². The number of nitrogens with one attached hydrogen (secondary N) is 2. The van der Waals surface area contributed by atoms with Crippen molar-refractivity contribution in [3.8, 4) is 0 Å². The summed E-state index contributed by atoms with van der Waals surface area (Å²) in [6.45, 7) is 5.08. The van der Waals surface area contributed by atoms with E-state index >= 15 is 0 Å². The molecule has 0 aliphatic rings. The monoisotopic (exact) mass is 470 g/mol. The summed E-state index contributed by atoms with van der Waals surface area (Å²) in [6.07, 6.45) is 1.13. The number of carbonyl (C=O) groups excluding carboxylic acids is 1. The number of nitrogen functional groups attached to an aromatic ring is 1. The van der Waals surface area contributed by atoms with Gasteiger partial charge in [-0.15, -0.1) is 0 Å². The lowest BCUT2D eigenvalue weighted by molar-refractivity contribution is 0.0961. The summed E-state index contributed by atoms with van der Waals surface area (Å²) >= 11 is 0.932. The van der Waals surface area contributed by atoms with Gasteiger partial charge in [-0.05, 0) is 31.2 Å². The lowest BCUT2D eigenvalue weighted by atomic mass is 10.1. The quantitative estimate of drug-likeness (QED) is 0.160.